The maximum atomic E-state index is 12.3. The Hall–Kier alpha value is -0.0900. The molecule has 4 heteroatoms. The fourth-order valence-corrected chi connectivity index (χ4v) is 4.90. The van der Waals surface area contributed by atoms with Crippen LogP contribution in [0.3, 0.4) is 0 Å². The van der Waals surface area contributed by atoms with Crippen molar-refractivity contribution in [2.24, 2.45) is 0 Å². The Kier molecular flexibility index (Phi) is 4.59. The maximum Gasteiger partial charge on any atom is 0.157 e. The molecule has 1 saturated carbocycles. The molecule has 2 atom stereocenters. The smallest absolute Gasteiger partial charge is 0.157 e. The molecule has 1 fully saturated rings. The Labute approximate surface area is 93.6 Å². The molecule has 1 N–H and O–H groups in total. The molecule has 90 valence electrons. The van der Waals surface area contributed by atoms with Gasteiger partial charge < -0.3 is 5.32 Å². The molecule has 1 aliphatic rings. The molecule has 0 aromatic carbocycles. The van der Waals surface area contributed by atoms with E-state index in [1.165, 1.54) is 0 Å². The number of hydrogen-bond acceptors (Lipinski definition) is 3. The minimum Gasteiger partial charge on any atom is -0.316 e. The summed E-state index contributed by atoms with van der Waals surface area (Å²) in [6, 6.07) is 0.0931. The Morgan fingerprint density at radius 1 is 1.33 bits per heavy atom. The quantitative estimate of drug-likeness (QED) is 0.786. The van der Waals surface area contributed by atoms with Crippen molar-refractivity contribution in [3.05, 3.63) is 0 Å². The molecule has 0 radical (unpaired) electrons. The van der Waals surface area contributed by atoms with Crippen molar-refractivity contribution >= 4 is 9.84 Å². The summed E-state index contributed by atoms with van der Waals surface area (Å²) in [5, 5.41) is 2.77. The topological polar surface area (TPSA) is 46.2 Å². The predicted octanol–water partition coefficient (Wildman–Crippen LogP) is 1.73. The van der Waals surface area contributed by atoms with E-state index in [0.29, 0.717) is 0 Å². The van der Waals surface area contributed by atoms with E-state index in [1.807, 2.05) is 20.9 Å². The van der Waals surface area contributed by atoms with Gasteiger partial charge in [-0.05, 0) is 33.2 Å². The van der Waals surface area contributed by atoms with E-state index in [1.54, 1.807) is 0 Å². The van der Waals surface area contributed by atoms with E-state index >= 15 is 0 Å². The average molecular weight is 233 g/mol. The molecular formula is C11H23NO2S. The van der Waals surface area contributed by atoms with Crippen LogP contribution in [0.4, 0.5) is 0 Å². The van der Waals surface area contributed by atoms with Crippen molar-refractivity contribution in [2.75, 3.05) is 7.05 Å². The summed E-state index contributed by atoms with van der Waals surface area (Å²) in [7, 11) is -1.08. The van der Waals surface area contributed by atoms with Crippen molar-refractivity contribution in [3.8, 4) is 0 Å². The fraction of sp³-hybridized carbons (Fsp3) is 1.00. The molecule has 0 spiro atoms. The van der Waals surface area contributed by atoms with Gasteiger partial charge in [-0.3, -0.25) is 0 Å². The molecule has 0 amide bonds. The van der Waals surface area contributed by atoms with Crippen LogP contribution >= 0.6 is 0 Å². The standard InChI is InChI=1S/C11H23NO2S/c1-4-11(12-3)9(2)15(13,14)10-7-5-6-8-10/h9-12H,4-8H2,1-3H3. The van der Waals surface area contributed by atoms with Gasteiger partial charge in [0.05, 0.1) is 10.5 Å². The maximum absolute atomic E-state index is 12.3. The van der Waals surface area contributed by atoms with Crippen LogP contribution in [0.25, 0.3) is 0 Å². The van der Waals surface area contributed by atoms with Gasteiger partial charge in [0.2, 0.25) is 0 Å². The third-order valence-corrected chi connectivity index (χ3v) is 6.43. The number of nitrogens with one attached hydrogen (secondary N) is 1. The number of sulfone groups is 1. The molecule has 0 saturated heterocycles. The lowest BCUT2D eigenvalue weighted by Crippen LogP contribution is -2.43. The molecule has 0 bridgehead atoms. The minimum absolute atomic E-state index is 0.0742. The normalized spacial score (nSPS) is 22.9. The Bertz CT molecular complexity index is 277. The second-order valence-electron chi connectivity index (χ2n) is 4.50. The lowest BCUT2D eigenvalue weighted by molar-refractivity contribution is 0.497. The molecule has 0 aromatic heterocycles. The van der Waals surface area contributed by atoms with Gasteiger partial charge in [-0.15, -0.1) is 0 Å². The summed E-state index contributed by atoms with van der Waals surface area (Å²) >= 11 is 0. The number of rotatable bonds is 5. The highest BCUT2D eigenvalue weighted by molar-refractivity contribution is 7.92. The molecule has 3 nitrogen and oxygen atoms in total. The zero-order valence-corrected chi connectivity index (χ0v) is 10.8. The van der Waals surface area contributed by atoms with Gasteiger partial charge >= 0.3 is 0 Å². The van der Waals surface area contributed by atoms with Gasteiger partial charge in [0, 0.05) is 6.04 Å². The van der Waals surface area contributed by atoms with Crippen LogP contribution in [0.2, 0.25) is 0 Å². The van der Waals surface area contributed by atoms with E-state index in [0.717, 1.165) is 32.1 Å². The first-order valence-corrected chi connectivity index (χ1v) is 7.55. The predicted molar refractivity (Wildman–Crippen MR) is 63.8 cm³/mol. The van der Waals surface area contributed by atoms with Crippen LogP contribution in [-0.2, 0) is 9.84 Å². The van der Waals surface area contributed by atoms with Crippen LogP contribution in [-0.4, -0.2) is 32.0 Å². The lowest BCUT2D eigenvalue weighted by Gasteiger charge is -2.25. The van der Waals surface area contributed by atoms with E-state index in [2.05, 4.69) is 5.32 Å². The second kappa shape index (κ2) is 5.30. The van der Waals surface area contributed by atoms with Crippen molar-refractivity contribution in [1.29, 1.82) is 0 Å². The molecule has 0 aromatic rings. The van der Waals surface area contributed by atoms with Crippen molar-refractivity contribution in [2.45, 2.75) is 62.5 Å². The van der Waals surface area contributed by atoms with Crippen LogP contribution in [0.5, 0.6) is 0 Å². The summed E-state index contributed by atoms with van der Waals surface area (Å²) in [6.45, 7) is 3.88. The Morgan fingerprint density at radius 2 is 1.87 bits per heavy atom. The Morgan fingerprint density at radius 3 is 2.27 bits per heavy atom. The van der Waals surface area contributed by atoms with E-state index in [4.69, 9.17) is 0 Å². The average Bonchev–Trinajstić information content (AvgIpc) is 2.72. The third-order valence-electron chi connectivity index (χ3n) is 3.66. The summed E-state index contributed by atoms with van der Waals surface area (Å²) < 4.78 is 24.5. The molecule has 1 aliphatic carbocycles. The third kappa shape index (κ3) is 2.72. The van der Waals surface area contributed by atoms with Gasteiger partial charge in [-0.2, -0.15) is 0 Å². The summed E-state index contributed by atoms with van der Waals surface area (Å²) in [4.78, 5) is 0. The Balaban J connectivity index is 2.75. The van der Waals surface area contributed by atoms with Gasteiger partial charge in [-0.1, -0.05) is 19.8 Å². The summed E-state index contributed by atoms with van der Waals surface area (Å²) in [5.41, 5.74) is 0. The first-order chi connectivity index (χ1) is 7.04. The van der Waals surface area contributed by atoms with Crippen LogP contribution in [0, 0.1) is 0 Å². The fourth-order valence-electron chi connectivity index (χ4n) is 2.52. The molecule has 0 heterocycles. The second-order valence-corrected chi connectivity index (χ2v) is 7.09. The zero-order valence-electron chi connectivity index (χ0n) is 9.99. The van der Waals surface area contributed by atoms with Crippen molar-refractivity contribution in [1.82, 2.24) is 5.32 Å². The van der Waals surface area contributed by atoms with Gasteiger partial charge in [0.25, 0.3) is 0 Å². The van der Waals surface area contributed by atoms with Crippen molar-refractivity contribution < 1.29 is 8.42 Å². The van der Waals surface area contributed by atoms with E-state index in [-0.39, 0.29) is 16.5 Å². The molecular weight excluding hydrogens is 210 g/mol. The molecule has 2 unspecified atom stereocenters. The number of hydrogen-bond donors (Lipinski definition) is 1. The van der Waals surface area contributed by atoms with Gasteiger partial charge in [0.1, 0.15) is 0 Å². The zero-order chi connectivity index (χ0) is 11.5. The van der Waals surface area contributed by atoms with Crippen LogP contribution in [0.15, 0.2) is 0 Å². The summed E-state index contributed by atoms with van der Waals surface area (Å²) in [5.74, 6) is 0. The molecule has 15 heavy (non-hydrogen) atoms. The minimum atomic E-state index is -2.92. The van der Waals surface area contributed by atoms with E-state index < -0.39 is 9.84 Å². The van der Waals surface area contributed by atoms with Crippen molar-refractivity contribution in [3.63, 3.8) is 0 Å². The first-order valence-electron chi connectivity index (χ1n) is 5.94. The van der Waals surface area contributed by atoms with Gasteiger partial charge in [-0.25, -0.2) is 8.42 Å². The lowest BCUT2D eigenvalue weighted by atomic mass is 10.2. The molecule has 0 aliphatic heterocycles. The SMILES string of the molecule is CCC(NC)C(C)S(=O)(=O)C1CCCC1. The van der Waals surface area contributed by atoms with Crippen LogP contribution in [0.1, 0.15) is 46.0 Å². The summed E-state index contributed by atoms with van der Waals surface area (Å²) in [6.07, 6.45) is 4.75. The van der Waals surface area contributed by atoms with Gasteiger partial charge in [0.15, 0.2) is 9.84 Å². The molecule has 1 rings (SSSR count). The monoisotopic (exact) mass is 233 g/mol. The highest BCUT2D eigenvalue weighted by atomic mass is 32.2. The first kappa shape index (κ1) is 13.0. The highest BCUT2D eigenvalue weighted by Gasteiger charge is 2.36. The largest absolute Gasteiger partial charge is 0.316 e. The van der Waals surface area contributed by atoms with Crippen LogP contribution < -0.4 is 5.32 Å². The van der Waals surface area contributed by atoms with E-state index in [9.17, 15) is 8.42 Å². The highest BCUT2D eigenvalue weighted by Crippen LogP contribution is 2.28.